The van der Waals surface area contributed by atoms with Gasteiger partial charge in [-0.05, 0) is 44.2 Å². The molecule has 2 aromatic rings. The van der Waals surface area contributed by atoms with Gasteiger partial charge in [0.25, 0.3) is 0 Å². The van der Waals surface area contributed by atoms with Crippen LogP contribution in [0.15, 0.2) is 24.3 Å². The highest BCUT2D eigenvalue weighted by Gasteiger charge is 2.27. The molecule has 1 unspecified atom stereocenters. The van der Waals surface area contributed by atoms with E-state index in [4.69, 9.17) is 16.6 Å². The van der Waals surface area contributed by atoms with Crippen molar-refractivity contribution in [3.63, 3.8) is 0 Å². The van der Waals surface area contributed by atoms with Crippen LogP contribution in [0.5, 0.6) is 0 Å². The van der Waals surface area contributed by atoms with Crippen molar-refractivity contribution in [2.45, 2.75) is 44.1 Å². The van der Waals surface area contributed by atoms with E-state index in [0.29, 0.717) is 5.92 Å². The molecule has 2 aliphatic rings. The Morgan fingerprint density at radius 3 is 3.00 bits per heavy atom. The summed E-state index contributed by atoms with van der Waals surface area (Å²) in [6.45, 7) is 1.09. The Labute approximate surface area is 134 Å². The first-order chi connectivity index (χ1) is 10.3. The van der Waals surface area contributed by atoms with E-state index in [1.807, 2.05) is 29.5 Å². The van der Waals surface area contributed by atoms with Crippen molar-refractivity contribution in [3.8, 4) is 10.6 Å². The summed E-state index contributed by atoms with van der Waals surface area (Å²) in [5.74, 6) is 0.596. The highest BCUT2D eigenvalue weighted by Crippen LogP contribution is 2.38. The molecule has 21 heavy (non-hydrogen) atoms. The number of hydrogen-bond acceptors (Lipinski definition) is 3. The molecule has 1 atom stereocenters. The summed E-state index contributed by atoms with van der Waals surface area (Å²) in [5, 5.41) is 5.58. The first-order valence-corrected chi connectivity index (χ1v) is 8.98. The molecule has 0 spiro atoms. The van der Waals surface area contributed by atoms with Crippen LogP contribution in [-0.2, 0) is 6.42 Å². The van der Waals surface area contributed by atoms with Crippen molar-refractivity contribution in [3.05, 3.63) is 39.9 Å². The predicted molar refractivity (Wildman–Crippen MR) is 89.3 cm³/mol. The zero-order valence-corrected chi connectivity index (χ0v) is 13.5. The Balaban J connectivity index is 1.60. The molecule has 1 aromatic carbocycles. The minimum atomic E-state index is 0.596. The van der Waals surface area contributed by atoms with Crippen LogP contribution in [0.1, 0.15) is 42.2 Å². The van der Waals surface area contributed by atoms with Crippen LogP contribution in [0.3, 0.4) is 0 Å². The van der Waals surface area contributed by atoms with Gasteiger partial charge in [0.05, 0.1) is 5.69 Å². The Morgan fingerprint density at radius 1 is 1.29 bits per heavy atom. The third-order valence-electron chi connectivity index (χ3n) is 4.37. The minimum absolute atomic E-state index is 0.596. The van der Waals surface area contributed by atoms with Gasteiger partial charge in [-0.2, -0.15) is 0 Å². The summed E-state index contributed by atoms with van der Waals surface area (Å²) in [6, 6.07) is 8.82. The second-order valence-corrected chi connectivity index (χ2v) is 7.63. The number of nitrogens with one attached hydrogen (secondary N) is 1. The molecular formula is C17H19ClN2S. The average Bonchev–Trinajstić information content (AvgIpc) is 3.21. The molecule has 1 fully saturated rings. The molecular weight excluding hydrogens is 300 g/mol. The molecule has 0 radical (unpaired) electrons. The zero-order valence-electron chi connectivity index (χ0n) is 11.9. The summed E-state index contributed by atoms with van der Waals surface area (Å²) in [6.07, 6.45) is 6.45. The fourth-order valence-corrected chi connectivity index (χ4v) is 4.42. The largest absolute Gasteiger partial charge is 0.313 e. The van der Waals surface area contributed by atoms with Gasteiger partial charge >= 0.3 is 0 Å². The molecule has 1 aromatic heterocycles. The number of hydrogen-bond donors (Lipinski definition) is 1. The maximum atomic E-state index is 6.11. The predicted octanol–water partition coefficient (Wildman–Crippen LogP) is 4.64. The van der Waals surface area contributed by atoms with E-state index in [1.54, 1.807) is 0 Å². The molecule has 1 saturated carbocycles. The Morgan fingerprint density at radius 2 is 2.19 bits per heavy atom. The van der Waals surface area contributed by atoms with Gasteiger partial charge in [0.2, 0.25) is 0 Å². The molecule has 4 heteroatoms. The minimum Gasteiger partial charge on any atom is -0.313 e. The van der Waals surface area contributed by atoms with Crippen molar-refractivity contribution in [1.82, 2.24) is 10.3 Å². The van der Waals surface area contributed by atoms with Crippen molar-refractivity contribution >= 4 is 22.9 Å². The van der Waals surface area contributed by atoms with Crippen molar-refractivity contribution in [2.75, 3.05) is 6.54 Å². The Bertz CT molecular complexity index is 648. The highest BCUT2D eigenvalue weighted by molar-refractivity contribution is 7.15. The van der Waals surface area contributed by atoms with Gasteiger partial charge in [0.15, 0.2) is 0 Å². The third kappa shape index (κ3) is 3.01. The number of benzene rings is 1. The summed E-state index contributed by atoms with van der Waals surface area (Å²) < 4.78 is 0. The number of nitrogens with zero attached hydrogens (tertiary/aromatic N) is 1. The highest BCUT2D eigenvalue weighted by atomic mass is 35.5. The Kier molecular flexibility index (Phi) is 3.74. The van der Waals surface area contributed by atoms with Crippen molar-refractivity contribution in [1.29, 1.82) is 0 Å². The van der Waals surface area contributed by atoms with Crippen molar-refractivity contribution < 1.29 is 0 Å². The standard InChI is InChI=1S/C17H19ClN2S/c18-13-5-1-3-11(9-13)17-20-16-12(10-19-14-7-8-14)4-2-6-15(16)21-17/h1,3,5,9,12,14,19H,2,4,6-8,10H2. The van der Waals surface area contributed by atoms with Crippen LogP contribution in [0.4, 0.5) is 0 Å². The normalized spacial score (nSPS) is 21.3. The van der Waals surface area contributed by atoms with Crippen LogP contribution in [0, 0.1) is 0 Å². The van der Waals surface area contributed by atoms with Crippen LogP contribution in [0.2, 0.25) is 5.02 Å². The first-order valence-electron chi connectivity index (χ1n) is 7.78. The quantitative estimate of drug-likeness (QED) is 0.888. The van der Waals surface area contributed by atoms with Gasteiger partial charge in [-0.15, -0.1) is 11.3 Å². The lowest BCUT2D eigenvalue weighted by Gasteiger charge is -2.21. The number of rotatable bonds is 4. The molecule has 0 saturated heterocycles. The van der Waals surface area contributed by atoms with Crippen LogP contribution in [0.25, 0.3) is 10.6 Å². The van der Waals surface area contributed by atoms with E-state index in [9.17, 15) is 0 Å². The van der Waals surface area contributed by atoms with Crippen LogP contribution < -0.4 is 5.32 Å². The van der Waals surface area contributed by atoms with Gasteiger partial charge in [-0.25, -0.2) is 4.98 Å². The maximum Gasteiger partial charge on any atom is 0.123 e. The van der Waals surface area contributed by atoms with E-state index in [1.165, 1.54) is 42.7 Å². The molecule has 0 amide bonds. The molecule has 1 N–H and O–H groups in total. The smallest absolute Gasteiger partial charge is 0.123 e. The molecule has 110 valence electrons. The van der Waals surface area contributed by atoms with E-state index >= 15 is 0 Å². The number of halogens is 1. The number of aryl methyl sites for hydroxylation is 1. The summed E-state index contributed by atoms with van der Waals surface area (Å²) >= 11 is 7.96. The lowest BCUT2D eigenvalue weighted by molar-refractivity contribution is 0.500. The molecule has 2 nitrogen and oxygen atoms in total. The fourth-order valence-electron chi connectivity index (χ4n) is 3.05. The van der Waals surface area contributed by atoms with Crippen LogP contribution >= 0.6 is 22.9 Å². The van der Waals surface area contributed by atoms with Gasteiger partial charge in [0.1, 0.15) is 5.01 Å². The third-order valence-corrected chi connectivity index (χ3v) is 5.79. The van der Waals surface area contributed by atoms with E-state index in [0.717, 1.165) is 28.2 Å². The summed E-state index contributed by atoms with van der Waals surface area (Å²) in [4.78, 5) is 6.45. The van der Waals surface area contributed by atoms with Crippen molar-refractivity contribution in [2.24, 2.45) is 0 Å². The van der Waals surface area contributed by atoms with E-state index < -0.39 is 0 Å². The zero-order chi connectivity index (χ0) is 14.2. The summed E-state index contributed by atoms with van der Waals surface area (Å²) in [7, 11) is 0. The monoisotopic (exact) mass is 318 g/mol. The topological polar surface area (TPSA) is 24.9 Å². The molecule has 0 bridgehead atoms. The van der Waals surface area contributed by atoms with E-state index in [-0.39, 0.29) is 0 Å². The van der Waals surface area contributed by atoms with Gasteiger partial charge in [0, 0.05) is 34.0 Å². The second kappa shape index (κ2) is 5.71. The average molecular weight is 319 g/mol. The van der Waals surface area contributed by atoms with E-state index in [2.05, 4.69) is 11.4 Å². The fraction of sp³-hybridized carbons (Fsp3) is 0.471. The number of fused-ring (bicyclic) bond motifs is 1. The Hall–Kier alpha value is -0.900. The SMILES string of the molecule is Clc1cccc(-c2nc3c(s2)CCCC3CNC2CC2)c1. The van der Waals surface area contributed by atoms with Gasteiger partial charge in [-0.3, -0.25) is 0 Å². The lowest BCUT2D eigenvalue weighted by atomic mass is 9.91. The van der Waals surface area contributed by atoms with Crippen LogP contribution in [-0.4, -0.2) is 17.6 Å². The summed E-state index contributed by atoms with van der Waals surface area (Å²) in [5.41, 5.74) is 2.49. The molecule has 2 aliphatic carbocycles. The molecule has 0 aliphatic heterocycles. The maximum absolute atomic E-state index is 6.11. The number of aromatic nitrogens is 1. The van der Waals surface area contributed by atoms with Gasteiger partial charge < -0.3 is 5.32 Å². The second-order valence-electron chi connectivity index (χ2n) is 6.11. The first kappa shape index (κ1) is 13.7. The van der Waals surface area contributed by atoms with Gasteiger partial charge in [-0.1, -0.05) is 23.7 Å². The molecule has 4 rings (SSSR count). The lowest BCUT2D eigenvalue weighted by Crippen LogP contribution is -2.25. The molecule has 1 heterocycles. The number of thiazole rings is 1.